The lowest BCUT2D eigenvalue weighted by Crippen LogP contribution is -2.31. The number of imidazole rings is 1. The molecule has 142 valence electrons. The Balaban J connectivity index is 1.82. The molecule has 0 atom stereocenters. The number of benzene rings is 2. The largest absolute Gasteiger partial charge is 0.449 e. The maximum absolute atomic E-state index is 13.3. The molecule has 0 unspecified atom stereocenters. The molecular weight excluding hydrogens is 355 g/mol. The summed E-state index contributed by atoms with van der Waals surface area (Å²) in [6, 6.07) is 14.1. The van der Waals surface area contributed by atoms with E-state index in [1.165, 1.54) is 22.6 Å². The fraction of sp³-hybridized carbons (Fsp3) is 0.300. The first-order chi connectivity index (χ1) is 12.8. The number of carbonyl (C=O) groups excluding carboxylic acids is 1. The van der Waals surface area contributed by atoms with Crippen molar-refractivity contribution in [2.75, 3.05) is 7.05 Å². The van der Waals surface area contributed by atoms with Gasteiger partial charge in [-0.15, -0.1) is 0 Å². The van der Waals surface area contributed by atoms with Crippen LogP contribution in [0.3, 0.4) is 0 Å². The Labute approximate surface area is 155 Å². The van der Waals surface area contributed by atoms with Crippen LogP contribution in [0, 0.1) is 0 Å². The highest BCUT2D eigenvalue weighted by molar-refractivity contribution is 5.81. The van der Waals surface area contributed by atoms with Crippen molar-refractivity contribution in [3.63, 3.8) is 0 Å². The number of rotatable bonds is 5. The number of alkyl halides is 3. The van der Waals surface area contributed by atoms with Gasteiger partial charge in [0.15, 0.2) is 0 Å². The van der Waals surface area contributed by atoms with Crippen molar-refractivity contribution in [2.45, 2.75) is 32.6 Å². The Morgan fingerprint density at radius 2 is 1.70 bits per heavy atom. The Morgan fingerprint density at radius 3 is 2.33 bits per heavy atom. The van der Waals surface area contributed by atoms with Gasteiger partial charge in [0.25, 0.3) is 0 Å². The summed E-state index contributed by atoms with van der Waals surface area (Å²) in [5.74, 6) is -1.47. The molecule has 0 N–H and O–H groups in total. The Hall–Kier alpha value is -2.83. The first-order valence-corrected chi connectivity index (χ1v) is 8.64. The van der Waals surface area contributed by atoms with Crippen LogP contribution in [0.2, 0.25) is 0 Å². The Bertz CT molecular complexity index is 945. The molecule has 0 aliphatic carbocycles. The van der Waals surface area contributed by atoms with Gasteiger partial charge < -0.3 is 9.47 Å². The molecule has 0 aliphatic heterocycles. The summed E-state index contributed by atoms with van der Waals surface area (Å²) in [5.41, 5.74) is 2.62. The number of para-hydroxylation sites is 2. The van der Waals surface area contributed by atoms with E-state index in [1.54, 1.807) is 19.2 Å². The molecule has 1 heterocycles. The number of halogens is 3. The van der Waals surface area contributed by atoms with Crippen LogP contribution in [-0.2, 0) is 30.5 Å². The third-order valence-corrected chi connectivity index (χ3v) is 4.48. The lowest BCUT2D eigenvalue weighted by molar-refractivity contribution is -0.148. The molecule has 1 amide bonds. The van der Waals surface area contributed by atoms with E-state index in [4.69, 9.17) is 0 Å². The molecule has 2 aromatic carbocycles. The van der Waals surface area contributed by atoms with Crippen LogP contribution >= 0.6 is 0 Å². The fourth-order valence-corrected chi connectivity index (χ4v) is 2.95. The van der Waals surface area contributed by atoms with Gasteiger partial charge in [0.1, 0.15) is 6.54 Å². The summed E-state index contributed by atoms with van der Waals surface area (Å²) in [6.07, 6.45) is -3.71. The van der Waals surface area contributed by atoms with Gasteiger partial charge in [0, 0.05) is 13.6 Å². The third kappa shape index (κ3) is 4.13. The predicted molar refractivity (Wildman–Crippen MR) is 97.0 cm³/mol. The molecule has 0 fully saturated rings. The van der Waals surface area contributed by atoms with Gasteiger partial charge in [-0.25, -0.2) is 4.98 Å². The topological polar surface area (TPSA) is 38.1 Å². The van der Waals surface area contributed by atoms with Gasteiger partial charge in [0.2, 0.25) is 11.7 Å². The van der Waals surface area contributed by atoms with Crippen molar-refractivity contribution in [3.8, 4) is 0 Å². The number of hydrogen-bond acceptors (Lipinski definition) is 2. The second kappa shape index (κ2) is 7.42. The van der Waals surface area contributed by atoms with E-state index in [9.17, 15) is 18.0 Å². The normalized spacial score (nSPS) is 11.7. The van der Waals surface area contributed by atoms with Crippen LogP contribution in [-0.4, -0.2) is 27.4 Å². The number of fused-ring (bicyclic) bond motifs is 1. The minimum Gasteiger partial charge on any atom is -0.340 e. The minimum absolute atomic E-state index is 0.218. The summed E-state index contributed by atoms with van der Waals surface area (Å²) in [4.78, 5) is 17.7. The van der Waals surface area contributed by atoms with Gasteiger partial charge in [-0.2, -0.15) is 13.2 Å². The van der Waals surface area contributed by atoms with E-state index in [2.05, 4.69) is 11.9 Å². The van der Waals surface area contributed by atoms with Crippen LogP contribution in [0.1, 0.15) is 23.9 Å². The van der Waals surface area contributed by atoms with E-state index in [1.807, 2.05) is 24.3 Å². The highest BCUT2D eigenvalue weighted by Gasteiger charge is 2.38. The number of aryl methyl sites for hydroxylation is 1. The second-order valence-corrected chi connectivity index (χ2v) is 6.43. The molecule has 0 saturated carbocycles. The molecule has 0 aliphatic rings. The van der Waals surface area contributed by atoms with Gasteiger partial charge in [-0.3, -0.25) is 4.79 Å². The van der Waals surface area contributed by atoms with Crippen molar-refractivity contribution in [1.82, 2.24) is 14.5 Å². The molecule has 27 heavy (non-hydrogen) atoms. The summed E-state index contributed by atoms with van der Waals surface area (Å²) in [7, 11) is 1.59. The molecule has 4 nitrogen and oxygen atoms in total. The van der Waals surface area contributed by atoms with E-state index in [-0.39, 0.29) is 5.52 Å². The van der Waals surface area contributed by atoms with E-state index in [0.717, 1.165) is 16.6 Å². The number of nitrogens with zero attached hydrogens (tertiary/aromatic N) is 3. The van der Waals surface area contributed by atoms with Crippen molar-refractivity contribution in [3.05, 3.63) is 65.5 Å². The summed E-state index contributed by atoms with van der Waals surface area (Å²) < 4.78 is 41.0. The van der Waals surface area contributed by atoms with Gasteiger partial charge >= 0.3 is 6.18 Å². The quantitative estimate of drug-likeness (QED) is 0.668. The second-order valence-electron chi connectivity index (χ2n) is 6.43. The van der Waals surface area contributed by atoms with Crippen LogP contribution in [0.4, 0.5) is 13.2 Å². The van der Waals surface area contributed by atoms with Crippen LogP contribution in [0.5, 0.6) is 0 Å². The molecule has 0 bridgehead atoms. The smallest absolute Gasteiger partial charge is 0.340 e. The molecule has 7 heteroatoms. The lowest BCUT2D eigenvalue weighted by atomic mass is 10.1. The predicted octanol–water partition coefficient (Wildman–Crippen LogP) is 4.28. The molecule has 0 radical (unpaired) electrons. The van der Waals surface area contributed by atoms with Crippen LogP contribution in [0.15, 0.2) is 48.5 Å². The van der Waals surface area contributed by atoms with Crippen LogP contribution < -0.4 is 0 Å². The van der Waals surface area contributed by atoms with Crippen LogP contribution in [0.25, 0.3) is 11.0 Å². The van der Waals surface area contributed by atoms with Crippen molar-refractivity contribution in [1.29, 1.82) is 0 Å². The summed E-state index contributed by atoms with van der Waals surface area (Å²) in [5, 5.41) is 0. The zero-order chi connectivity index (χ0) is 19.6. The van der Waals surface area contributed by atoms with Gasteiger partial charge in [-0.1, -0.05) is 43.3 Å². The molecular formula is C20H20F3N3O. The summed E-state index contributed by atoms with van der Waals surface area (Å²) in [6.45, 7) is 1.97. The van der Waals surface area contributed by atoms with Crippen molar-refractivity contribution >= 4 is 16.9 Å². The van der Waals surface area contributed by atoms with E-state index < -0.39 is 24.5 Å². The van der Waals surface area contributed by atoms with Gasteiger partial charge in [0.05, 0.1) is 11.0 Å². The zero-order valence-electron chi connectivity index (χ0n) is 15.1. The molecule has 0 saturated heterocycles. The standard InChI is InChI=1S/C20H20F3N3O/c1-3-14-8-10-15(11-9-14)12-25(2)18(27)13-26-17-7-5-4-6-16(17)24-19(26)20(21,22)23/h4-11H,3,12-13H2,1-2H3. The van der Waals surface area contributed by atoms with E-state index in [0.29, 0.717) is 12.1 Å². The number of likely N-dealkylation sites (N-methyl/N-ethyl adjacent to an activating group) is 1. The van der Waals surface area contributed by atoms with E-state index >= 15 is 0 Å². The van der Waals surface area contributed by atoms with Crippen molar-refractivity contribution in [2.24, 2.45) is 0 Å². The first-order valence-electron chi connectivity index (χ1n) is 8.64. The Morgan fingerprint density at radius 1 is 1.07 bits per heavy atom. The highest BCUT2D eigenvalue weighted by atomic mass is 19.4. The third-order valence-electron chi connectivity index (χ3n) is 4.48. The highest BCUT2D eigenvalue weighted by Crippen LogP contribution is 2.31. The SMILES string of the molecule is CCc1ccc(CN(C)C(=O)Cn2c(C(F)(F)F)nc3ccccc32)cc1. The maximum Gasteiger partial charge on any atom is 0.449 e. The average molecular weight is 375 g/mol. The van der Waals surface area contributed by atoms with Gasteiger partial charge in [-0.05, 0) is 29.7 Å². The number of aromatic nitrogens is 2. The first kappa shape index (κ1) is 18.9. The van der Waals surface area contributed by atoms with Crippen molar-refractivity contribution < 1.29 is 18.0 Å². The minimum atomic E-state index is -4.63. The maximum atomic E-state index is 13.3. The Kier molecular flexibility index (Phi) is 5.21. The molecule has 3 rings (SSSR count). The number of carbonyl (C=O) groups is 1. The molecule has 3 aromatic rings. The fourth-order valence-electron chi connectivity index (χ4n) is 2.95. The molecule has 1 aromatic heterocycles. The summed E-state index contributed by atoms with van der Waals surface area (Å²) >= 11 is 0. The average Bonchev–Trinajstić information content (AvgIpc) is 3.01. The zero-order valence-corrected chi connectivity index (χ0v) is 15.1. The number of hydrogen-bond donors (Lipinski definition) is 0. The number of amides is 1. The lowest BCUT2D eigenvalue weighted by Gasteiger charge is -2.19. The monoisotopic (exact) mass is 375 g/mol. The molecule has 0 spiro atoms.